The molecular formula is C13H16BrClN4OS. The van der Waals surface area contributed by atoms with Gasteiger partial charge in [-0.1, -0.05) is 46.3 Å². The first kappa shape index (κ1) is 18.0. The molecule has 2 aromatic rings. The minimum Gasteiger partial charge on any atom is -0.314 e. The summed E-state index contributed by atoms with van der Waals surface area (Å²) < 4.78 is 0.939. The second kappa shape index (κ2) is 7.31. The maximum atomic E-state index is 12.3. The number of nitrogens with zero attached hydrogens (tertiary/aromatic N) is 2. The third kappa shape index (κ3) is 4.23. The Labute approximate surface area is 141 Å². The molecule has 1 amide bonds. The van der Waals surface area contributed by atoms with E-state index in [1.54, 1.807) is 6.92 Å². The first-order valence-electron chi connectivity index (χ1n) is 6.12. The van der Waals surface area contributed by atoms with Crippen LogP contribution in [-0.2, 0) is 16.8 Å². The summed E-state index contributed by atoms with van der Waals surface area (Å²) in [6, 6.07) is 7.35. The Morgan fingerprint density at radius 2 is 2.00 bits per heavy atom. The highest BCUT2D eigenvalue weighted by molar-refractivity contribution is 9.10. The van der Waals surface area contributed by atoms with Crippen molar-refractivity contribution >= 4 is 50.7 Å². The van der Waals surface area contributed by atoms with Gasteiger partial charge in [-0.05, 0) is 31.0 Å². The number of amides is 1. The summed E-state index contributed by atoms with van der Waals surface area (Å²) >= 11 is 4.71. The van der Waals surface area contributed by atoms with E-state index in [1.165, 1.54) is 11.3 Å². The molecular weight excluding hydrogens is 376 g/mol. The number of hydrogen-bond acceptors (Lipinski definition) is 5. The normalized spacial score (nSPS) is 13.1. The molecule has 0 saturated carbocycles. The van der Waals surface area contributed by atoms with Crippen molar-refractivity contribution in [3.8, 4) is 0 Å². The molecule has 1 heterocycles. The number of hydrogen-bond donors (Lipinski definition) is 2. The van der Waals surface area contributed by atoms with Gasteiger partial charge in [0.25, 0.3) is 5.91 Å². The van der Waals surface area contributed by atoms with Gasteiger partial charge < -0.3 is 5.73 Å². The molecule has 21 heavy (non-hydrogen) atoms. The lowest BCUT2D eigenvalue weighted by molar-refractivity contribution is -0.120. The summed E-state index contributed by atoms with van der Waals surface area (Å²) in [6.45, 7) is 3.66. The van der Waals surface area contributed by atoms with Gasteiger partial charge in [0.2, 0.25) is 5.13 Å². The van der Waals surface area contributed by atoms with E-state index in [9.17, 15) is 4.79 Å². The van der Waals surface area contributed by atoms with Crippen LogP contribution >= 0.6 is 39.7 Å². The summed E-state index contributed by atoms with van der Waals surface area (Å²) in [6.07, 6.45) is 0.792. The van der Waals surface area contributed by atoms with Crippen LogP contribution < -0.4 is 11.1 Å². The van der Waals surface area contributed by atoms with E-state index in [0.717, 1.165) is 21.5 Å². The van der Waals surface area contributed by atoms with Crippen molar-refractivity contribution in [2.24, 2.45) is 5.73 Å². The zero-order chi connectivity index (χ0) is 14.8. The van der Waals surface area contributed by atoms with Crippen molar-refractivity contribution in [3.63, 3.8) is 0 Å². The highest BCUT2D eigenvalue weighted by atomic mass is 79.9. The Morgan fingerprint density at radius 1 is 1.38 bits per heavy atom. The van der Waals surface area contributed by atoms with Crippen LogP contribution in [0.3, 0.4) is 0 Å². The average molecular weight is 392 g/mol. The molecule has 0 fully saturated rings. The van der Waals surface area contributed by atoms with Crippen molar-refractivity contribution in [3.05, 3.63) is 39.3 Å². The summed E-state index contributed by atoms with van der Waals surface area (Å²) in [4.78, 5) is 12.3. The molecule has 0 aliphatic rings. The van der Waals surface area contributed by atoms with Gasteiger partial charge in [0.1, 0.15) is 10.5 Å². The topological polar surface area (TPSA) is 80.9 Å². The van der Waals surface area contributed by atoms with E-state index in [2.05, 4.69) is 31.4 Å². The molecule has 1 aromatic heterocycles. The van der Waals surface area contributed by atoms with Crippen LogP contribution in [-0.4, -0.2) is 16.1 Å². The number of rotatable bonds is 4. The Balaban J connectivity index is 0.00000220. The lowest BCUT2D eigenvalue weighted by atomic mass is 9.92. The number of nitrogens with one attached hydrogen (secondary N) is 1. The number of nitrogens with two attached hydrogens (primary N) is 1. The van der Waals surface area contributed by atoms with Crippen LogP contribution in [0.15, 0.2) is 28.7 Å². The molecule has 0 radical (unpaired) electrons. The fraction of sp³-hybridized carbons (Fsp3) is 0.308. The molecule has 0 spiro atoms. The highest BCUT2D eigenvalue weighted by Gasteiger charge is 2.31. The smallest absolute Gasteiger partial charge is 0.250 e. The lowest BCUT2D eigenvalue weighted by Crippen LogP contribution is -2.45. The molecule has 0 aliphatic carbocycles. The number of carbonyl (C=O) groups excluding carboxylic acids is 1. The first-order valence-corrected chi connectivity index (χ1v) is 7.73. The van der Waals surface area contributed by atoms with E-state index < -0.39 is 5.54 Å². The quantitative estimate of drug-likeness (QED) is 0.839. The predicted octanol–water partition coefficient (Wildman–Crippen LogP) is 3.10. The van der Waals surface area contributed by atoms with Crippen molar-refractivity contribution in [2.75, 3.05) is 5.32 Å². The summed E-state index contributed by atoms with van der Waals surface area (Å²) in [5.41, 5.74) is 5.76. The maximum Gasteiger partial charge on any atom is 0.250 e. The fourth-order valence-electron chi connectivity index (χ4n) is 1.60. The van der Waals surface area contributed by atoms with E-state index in [-0.39, 0.29) is 18.3 Å². The van der Waals surface area contributed by atoms with Crippen molar-refractivity contribution in [2.45, 2.75) is 25.8 Å². The molecule has 5 nitrogen and oxygen atoms in total. The number of halogens is 2. The molecule has 0 aliphatic heterocycles. The molecule has 0 saturated heterocycles. The minimum absolute atomic E-state index is 0. The standard InChI is InChI=1S/C13H15BrN4OS.ClH/c1-3-10-17-18-12(20-10)16-11(19)13(2,15)8-4-6-9(14)7-5-8;/h4-7H,3,15H2,1-2H3,(H,16,18,19);1H. The SMILES string of the molecule is CCc1nnc(NC(=O)C(C)(N)c2ccc(Br)cc2)s1.Cl. The average Bonchev–Trinajstić information content (AvgIpc) is 2.87. The number of carbonyl (C=O) groups is 1. The van der Waals surface area contributed by atoms with Gasteiger partial charge >= 0.3 is 0 Å². The molecule has 3 N–H and O–H groups in total. The van der Waals surface area contributed by atoms with Crippen molar-refractivity contribution in [1.82, 2.24) is 10.2 Å². The Bertz CT molecular complexity index is 615. The van der Waals surface area contributed by atoms with E-state index in [4.69, 9.17) is 5.73 Å². The second-order valence-electron chi connectivity index (χ2n) is 4.52. The zero-order valence-corrected chi connectivity index (χ0v) is 14.8. The second-order valence-corrected chi connectivity index (χ2v) is 6.50. The minimum atomic E-state index is -1.13. The lowest BCUT2D eigenvalue weighted by Gasteiger charge is -2.23. The number of anilines is 1. The molecule has 114 valence electrons. The predicted molar refractivity (Wildman–Crippen MR) is 90.8 cm³/mol. The van der Waals surface area contributed by atoms with Gasteiger partial charge in [-0.25, -0.2) is 0 Å². The monoisotopic (exact) mass is 390 g/mol. The third-order valence-corrected chi connectivity index (χ3v) is 4.42. The van der Waals surface area contributed by atoms with E-state index >= 15 is 0 Å². The number of aromatic nitrogens is 2. The van der Waals surface area contributed by atoms with Crippen LogP contribution in [0.2, 0.25) is 0 Å². The van der Waals surface area contributed by atoms with Crippen LogP contribution in [0.4, 0.5) is 5.13 Å². The van der Waals surface area contributed by atoms with Crippen LogP contribution in [0.5, 0.6) is 0 Å². The van der Waals surface area contributed by atoms with Gasteiger partial charge in [-0.2, -0.15) is 0 Å². The van der Waals surface area contributed by atoms with Gasteiger partial charge in [0, 0.05) is 4.47 Å². The van der Waals surface area contributed by atoms with Crippen molar-refractivity contribution in [1.29, 1.82) is 0 Å². The van der Waals surface area contributed by atoms with Crippen LogP contribution in [0.25, 0.3) is 0 Å². The van der Waals surface area contributed by atoms with Gasteiger partial charge in [0.15, 0.2) is 0 Å². The molecule has 8 heteroatoms. The van der Waals surface area contributed by atoms with Crippen molar-refractivity contribution < 1.29 is 4.79 Å². The fourth-order valence-corrected chi connectivity index (χ4v) is 2.54. The molecule has 1 unspecified atom stereocenters. The number of aryl methyl sites for hydroxylation is 1. The van der Waals surface area contributed by atoms with Gasteiger partial charge in [-0.3, -0.25) is 10.1 Å². The Kier molecular flexibility index (Phi) is 6.27. The molecule has 2 rings (SSSR count). The summed E-state index contributed by atoms with van der Waals surface area (Å²) in [7, 11) is 0. The molecule has 1 atom stereocenters. The van der Waals surface area contributed by atoms with Crippen LogP contribution in [0.1, 0.15) is 24.4 Å². The maximum absolute atomic E-state index is 12.3. The highest BCUT2D eigenvalue weighted by Crippen LogP contribution is 2.23. The Morgan fingerprint density at radius 3 is 2.52 bits per heavy atom. The van der Waals surface area contributed by atoms with E-state index in [1.807, 2.05) is 31.2 Å². The zero-order valence-electron chi connectivity index (χ0n) is 11.6. The Hall–Kier alpha value is -1.02. The first-order chi connectivity index (χ1) is 9.43. The molecule has 0 bridgehead atoms. The van der Waals surface area contributed by atoms with Crippen LogP contribution in [0, 0.1) is 0 Å². The summed E-state index contributed by atoms with van der Waals surface area (Å²) in [5.74, 6) is -0.307. The van der Waals surface area contributed by atoms with Gasteiger partial charge in [0.05, 0.1) is 0 Å². The number of benzene rings is 1. The molecule has 1 aromatic carbocycles. The largest absolute Gasteiger partial charge is 0.314 e. The van der Waals surface area contributed by atoms with E-state index in [0.29, 0.717) is 5.13 Å². The summed E-state index contributed by atoms with van der Waals surface area (Å²) in [5, 5.41) is 12.0. The third-order valence-electron chi connectivity index (χ3n) is 2.91. The van der Waals surface area contributed by atoms with Gasteiger partial charge in [-0.15, -0.1) is 22.6 Å².